The third-order valence-corrected chi connectivity index (χ3v) is 0.932. The van der Waals surface area contributed by atoms with Crippen LogP contribution in [0.5, 0.6) is 0 Å². The lowest BCUT2D eigenvalue weighted by molar-refractivity contribution is 0.509. The maximum absolute atomic E-state index is 8.10. The molecule has 0 aromatic carbocycles. The number of aromatic nitrogens is 2. The van der Waals surface area contributed by atoms with Crippen LogP contribution < -0.4 is 0 Å². The van der Waals surface area contributed by atoms with Crippen LogP contribution in [0.1, 0.15) is 5.89 Å². The summed E-state index contributed by atoms with van der Waals surface area (Å²) in [5, 5.41) is 14.9. The molecule has 1 rings (SSSR count). The number of halogens is 1. The molecular formula is C3IN3O. The van der Waals surface area contributed by atoms with E-state index in [1.165, 1.54) is 0 Å². The van der Waals surface area contributed by atoms with Crippen molar-refractivity contribution in [2.75, 3.05) is 0 Å². The minimum Gasteiger partial charge on any atom is -0.404 e. The van der Waals surface area contributed by atoms with Crippen LogP contribution in [0.4, 0.5) is 0 Å². The zero-order valence-electron chi connectivity index (χ0n) is 3.63. The van der Waals surface area contributed by atoms with Crippen LogP contribution in [0, 0.1) is 15.2 Å². The van der Waals surface area contributed by atoms with Crippen LogP contribution in [0.3, 0.4) is 0 Å². The van der Waals surface area contributed by atoms with Gasteiger partial charge in [0.2, 0.25) is 0 Å². The highest BCUT2D eigenvalue weighted by atomic mass is 127. The van der Waals surface area contributed by atoms with Crippen LogP contribution in [-0.2, 0) is 0 Å². The molecule has 0 unspecified atom stereocenters. The zero-order valence-corrected chi connectivity index (χ0v) is 5.79. The van der Waals surface area contributed by atoms with Crippen molar-refractivity contribution < 1.29 is 4.42 Å². The summed E-state index contributed by atoms with van der Waals surface area (Å²) in [6.45, 7) is 0. The summed E-state index contributed by atoms with van der Waals surface area (Å²) in [5.74, 6) is 0.00870. The van der Waals surface area contributed by atoms with Gasteiger partial charge >= 0.3 is 5.89 Å². The van der Waals surface area contributed by atoms with Crippen LogP contribution >= 0.6 is 22.6 Å². The van der Waals surface area contributed by atoms with Crippen molar-refractivity contribution in [2.45, 2.75) is 0 Å². The van der Waals surface area contributed by atoms with Crippen molar-refractivity contribution in [3.8, 4) is 6.07 Å². The van der Waals surface area contributed by atoms with Crippen molar-refractivity contribution in [1.29, 1.82) is 5.26 Å². The number of nitrogens with zero attached hydrogens (tertiary/aromatic N) is 3. The highest BCUT2D eigenvalue weighted by Crippen LogP contribution is 1.99. The lowest BCUT2D eigenvalue weighted by atomic mass is 10.8. The molecule has 0 fully saturated rings. The van der Waals surface area contributed by atoms with E-state index >= 15 is 0 Å². The molecule has 0 radical (unpaired) electrons. The molecule has 8 heavy (non-hydrogen) atoms. The molecule has 4 nitrogen and oxygen atoms in total. The van der Waals surface area contributed by atoms with Gasteiger partial charge in [-0.05, 0) is 0 Å². The van der Waals surface area contributed by atoms with Crippen LogP contribution in [-0.4, -0.2) is 10.2 Å². The molecule has 0 aliphatic carbocycles. The summed E-state index contributed by atoms with van der Waals surface area (Å²) in [6.07, 6.45) is 0. The van der Waals surface area contributed by atoms with Crippen molar-refractivity contribution in [2.24, 2.45) is 0 Å². The molecule has 5 heteroatoms. The molecular weight excluding hydrogens is 221 g/mol. The third kappa shape index (κ3) is 0.949. The lowest BCUT2D eigenvalue weighted by Crippen LogP contribution is -1.69. The van der Waals surface area contributed by atoms with Gasteiger partial charge in [-0.1, -0.05) is 5.10 Å². The minimum atomic E-state index is 0.00870. The topological polar surface area (TPSA) is 62.7 Å². The van der Waals surface area contributed by atoms with E-state index in [0.717, 1.165) is 0 Å². The van der Waals surface area contributed by atoms with E-state index in [1.54, 1.807) is 6.07 Å². The minimum absolute atomic E-state index is 0.00870. The number of hydrogen-bond donors (Lipinski definition) is 0. The quantitative estimate of drug-likeness (QED) is 0.600. The Balaban J connectivity index is 3.05. The number of hydrogen-bond acceptors (Lipinski definition) is 4. The van der Waals surface area contributed by atoms with Crippen molar-refractivity contribution in [1.82, 2.24) is 10.2 Å². The van der Waals surface area contributed by atoms with Gasteiger partial charge in [-0.3, -0.25) is 0 Å². The monoisotopic (exact) mass is 221 g/mol. The smallest absolute Gasteiger partial charge is 0.321 e. The Hall–Kier alpha value is -0.640. The average Bonchev–Trinajstić information content (AvgIpc) is 2.14. The Morgan fingerprint density at radius 1 is 1.62 bits per heavy atom. The molecule has 0 bridgehead atoms. The highest BCUT2D eigenvalue weighted by Gasteiger charge is 1.97. The van der Waals surface area contributed by atoms with Crippen molar-refractivity contribution in [3.05, 3.63) is 9.79 Å². The highest BCUT2D eigenvalue weighted by molar-refractivity contribution is 14.1. The van der Waals surface area contributed by atoms with E-state index in [9.17, 15) is 0 Å². The maximum Gasteiger partial charge on any atom is 0.321 e. The average molecular weight is 221 g/mol. The van der Waals surface area contributed by atoms with E-state index in [-0.39, 0.29) is 5.89 Å². The molecule has 0 N–H and O–H groups in total. The lowest BCUT2D eigenvalue weighted by Gasteiger charge is -1.66. The number of nitriles is 1. The van der Waals surface area contributed by atoms with Crippen molar-refractivity contribution in [3.63, 3.8) is 0 Å². The molecule has 0 aliphatic heterocycles. The standard InChI is InChI=1S/C3IN3O/c4-3-7-6-2(1-5)8-3. The van der Waals surface area contributed by atoms with E-state index < -0.39 is 0 Å². The van der Waals surface area contributed by atoms with Gasteiger partial charge in [-0.25, -0.2) is 0 Å². The van der Waals surface area contributed by atoms with Gasteiger partial charge < -0.3 is 4.42 Å². The van der Waals surface area contributed by atoms with E-state index in [1.807, 2.05) is 22.6 Å². The first-order valence-electron chi connectivity index (χ1n) is 1.72. The van der Waals surface area contributed by atoms with Gasteiger partial charge in [0, 0.05) is 22.6 Å². The summed E-state index contributed by atoms with van der Waals surface area (Å²) in [4.78, 5) is 0. The number of rotatable bonds is 0. The zero-order chi connectivity index (χ0) is 5.98. The SMILES string of the molecule is N#Cc1nnc(I)o1. The van der Waals surface area contributed by atoms with E-state index in [4.69, 9.17) is 5.26 Å². The van der Waals surface area contributed by atoms with Gasteiger partial charge in [-0.15, -0.1) is 5.10 Å². The van der Waals surface area contributed by atoms with Gasteiger partial charge in [0.15, 0.2) is 6.07 Å². The second-order valence-corrected chi connectivity index (χ2v) is 1.89. The van der Waals surface area contributed by atoms with E-state index in [0.29, 0.717) is 3.90 Å². The summed E-state index contributed by atoms with van der Waals surface area (Å²) < 4.78 is 5.02. The molecule has 1 aromatic heterocycles. The first kappa shape index (κ1) is 5.50. The van der Waals surface area contributed by atoms with Crippen LogP contribution in [0.25, 0.3) is 0 Å². The Kier molecular flexibility index (Phi) is 1.43. The molecule has 0 amide bonds. The second-order valence-electron chi connectivity index (χ2n) is 0.972. The first-order valence-corrected chi connectivity index (χ1v) is 2.80. The van der Waals surface area contributed by atoms with Gasteiger partial charge in [0.1, 0.15) is 0 Å². The second kappa shape index (κ2) is 2.09. The fraction of sp³-hybridized carbons (Fsp3) is 0. The summed E-state index contributed by atoms with van der Waals surface area (Å²) in [7, 11) is 0. The van der Waals surface area contributed by atoms with Crippen molar-refractivity contribution >= 4 is 22.6 Å². The van der Waals surface area contributed by atoms with Crippen LogP contribution in [0.2, 0.25) is 0 Å². The largest absolute Gasteiger partial charge is 0.404 e. The summed E-state index contributed by atoms with van der Waals surface area (Å²) in [6, 6.07) is 1.70. The van der Waals surface area contributed by atoms with Gasteiger partial charge in [0.25, 0.3) is 3.90 Å². The van der Waals surface area contributed by atoms with Gasteiger partial charge in [0.05, 0.1) is 0 Å². The molecule has 0 atom stereocenters. The fourth-order valence-corrected chi connectivity index (χ4v) is 0.567. The molecule has 0 spiro atoms. The molecule has 0 aliphatic rings. The molecule has 0 saturated heterocycles. The molecule has 0 saturated carbocycles. The van der Waals surface area contributed by atoms with Crippen LogP contribution in [0.15, 0.2) is 4.42 Å². The first-order chi connectivity index (χ1) is 3.83. The Morgan fingerprint density at radius 3 is 2.62 bits per heavy atom. The third-order valence-electron chi connectivity index (χ3n) is 0.496. The Morgan fingerprint density at radius 2 is 2.38 bits per heavy atom. The maximum atomic E-state index is 8.10. The molecule has 40 valence electrons. The summed E-state index contributed by atoms with van der Waals surface area (Å²) in [5.41, 5.74) is 0. The van der Waals surface area contributed by atoms with E-state index in [2.05, 4.69) is 14.6 Å². The molecule has 1 heterocycles. The predicted octanol–water partition coefficient (Wildman–Crippen LogP) is 0.546. The fourth-order valence-electron chi connectivity index (χ4n) is 0.251. The van der Waals surface area contributed by atoms with Gasteiger partial charge in [-0.2, -0.15) is 5.26 Å². The Labute approximate surface area is 58.7 Å². The summed E-state index contributed by atoms with van der Waals surface area (Å²) >= 11 is 1.83. The Bertz CT molecular complexity index is 225. The normalized spacial score (nSPS) is 8.50. The molecule has 1 aromatic rings. The predicted molar refractivity (Wildman–Crippen MR) is 31.7 cm³/mol.